The van der Waals surface area contributed by atoms with Crippen LogP contribution in [0.3, 0.4) is 0 Å². The normalized spacial score (nSPS) is 17.7. The molecule has 0 unspecified atom stereocenters. The highest BCUT2D eigenvalue weighted by Crippen LogP contribution is 2.30. The number of ether oxygens (including phenoxy) is 3. The molecule has 1 aromatic rings. The number of ketones is 1. The topological polar surface area (TPSA) is 137 Å². The number of amides is 1. The number of benzene rings is 1. The van der Waals surface area contributed by atoms with Crippen LogP contribution in [0.25, 0.3) is 0 Å². The molecule has 0 aromatic heterocycles. The first-order valence-corrected chi connectivity index (χ1v) is 11.6. The number of rotatable bonds is 9. The van der Waals surface area contributed by atoms with Crippen LogP contribution in [-0.4, -0.2) is 55.3 Å². The second-order valence-corrected chi connectivity index (χ2v) is 8.64. The highest BCUT2D eigenvalue weighted by Gasteiger charge is 2.37. The van der Waals surface area contributed by atoms with Gasteiger partial charge < -0.3 is 34.0 Å². The Kier molecular flexibility index (Phi) is 9.32. The number of carbonyl (C=O) groups is 4. The Morgan fingerprint density at radius 2 is 1.85 bits per heavy atom. The minimum absolute atomic E-state index is 0.0147. The number of hydrogen-bond acceptors (Lipinski definition) is 9. The first kappa shape index (κ1) is 25.5. The summed E-state index contributed by atoms with van der Waals surface area (Å²) in [5, 5.41) is 13.0. The number of fused-ring (bicyclic) bond motifs is 1. The van der Waals surface area contributed by atoms with Crippen LogP contribution in [0.1, 0.15) is 67.8 Å². The van der Waals surface area contributed by atoms with Crippen LogP contribution < -0.4 is 9.97 Å². The fourth-order valence-electron chi connectivity index (χ4n) is 4.07. The van der Waals surface area contributed by atoms with E-state index < -0.39 is 32.0 Å². The van der Waals surface area contributed by atoms with Gasteiger partial charge >= 0.3 is 19.2 Å². The van der Waals surface area contributed by atoms with Gasteiger partial charge in [0.05, 0.1) is 12.5 Å². The number of Topliss-reactive ketones (excluding diaryl/α,β-unsaturated/α-hetero) is 1. The fraction of sp³-hybridized carbons (Fsp3) is 0.565. The van der Waals surface area contributed by atoms with Gasteiger partial charge in [-0.2, -0.15) is 0 Å². The summed E-state index contributed by atoms with van der Waals surface area (Å²) < 4.78 is 20.4. The molecule has 0 bridgehead atoms. The number of para-hydroxylation sites is 1. The molecule has 184 valence electrons. The molecule has 3 rings (SSSR count). The van der Waals surface area contributed by atoms with E-state index in [1.54, 1.807) is 12.1 Å². The predicted molar refractivity (Wildman–Crippen MR) is 120 cm³/mol. The zero-order chi connectivity index (χ0) is 24.5. The third-order valence-corrected chi connectivity index (χ3v) is 5.92. The highest BCUT2D eigenvalue weighted by molar-refractivity contribution is 6.47. The molecule has 1 aliphatic carbocycles. The van der Waals surface area contributed by atoms with Gasteiger partial charge in [-0.1, -0.05) is 31.4 Å². The molecule has 11 heteroatoms. The van der Waals surface area contributed by atoms with Crippen molar-refractivity contribution in [2.24, 2.45) is 5.92 Å². The molecule has 1 aliphatic heterocycles. The molecule has 1 saturated carbocycles. The second-order valence-electron chi connectivity index (χ2n) is 8.64. The quantitative estimate of drug-likeness (QED) is 0.313. The van der Waals surface area contributed by atoms with E-state index >= 15 is 0 Å². The van der Waals surface area contributed by atoms with Gasteiger partial charge in [-0.3, -0.25) is 4.79 Å². The maximum absolute atomic E-state index is 12.5. The number of esters is 1. The average Bonchev–Trinajstić information content (AvgIpc) is 2.82. The highest BCUT2D eigenvalue weighted by atomic mass is 16.8. The van der Waals surface area contributed by atoms with Crippen molar-refractivity contribution in [2.45, 2.75) is 64.2 Å². The van der Waals surface area contributed by atoms with Gasteiger partial charge in [-0.15, -0.1) is 0 Å². The molecule has 0 spiro atoms. The largest absolute Gasteiger partial charge is 0.547 e. The Hall–Kier alpha value is -3.08. The summed E-state index contributed by atoms with van der Waals surface area (Å²) in [7, 11) is -1.39. The van der Waals surface area contributed by atoms with Crippen molar-refractivity contribution in [1.82, 2.24) is 5.32 Å². The van der Waals surface area contributed by atoms with Crippen LogP contribution in [0.15, 0.2) is 18.2 Å². The summed E-state index contributed by atoms with van der Waals surface area (Å²) in [4.78, 5) is 47.3. The molecule has 1 aromatic carbocycles. The monoisotopic (exact) mass is 475 g/mol. The summed E-state index contributed by atoms with van der Waals surface area (Å²) in [5.41, 5.74) is 0.640. The maximum Gasteiger partial charge on any atom is 0.547 e. The van der Waals surface area contributed by atoms with Gasteiger partial charge in [0.15, 0.2) is 0 Å². The summed E-state index contributed by atoms with van der Waals surface area (Å²) >= 11 is 0. The van der Waals surface area contributed by atoms with Crippen LogP contribution in [0, 0.1) is 5.92 Å². The number of carbonyl (C=O) groups excluding carboxylic acids is 4. The summed E-state index contributed by atoms with van der Waals surface area (Å²) in [6.07, 6.45) is 4.96. The van der Waals surface area contributed by atoms with E-state index in [-0.39, 0.29) is 48.9 Å². The van der Waals surface area contributed by atoms with Crippen molar-refractivity contribution >= 4 is 30.9 Å². The van der Waals surface area contributed by atoms with Crippen molar-refractivity contribution in [2.75, 3.05) is 13.4 Å². The minimum Gasteiger partial charge on any atom is -0.534 e. The zero-order valence-electron chi connectivity index (χ0n) is 19.2. The van der Waals surface area contributed by atoms with E-state index in [4.69, 9.17) is 18.9 Å². The molecule has 0 radical (unpaired) electrons. The molecule has 2 aliphatic rings. The molecule has 1 atom stereocenters. The van der Waals surface area contributed by atoms with Crippen LogP contribution >= 0.6 is 0 Å². The van der Waals surface area contributed by atoms with E-state index in [1.807, 2.05) is 0 Å². The lowest BCUT2D eigenvalue weighted by atomic mass is 9.72. The Morgan fingerprint density at radius 1 is 1.09 bits per heavy atom. The first-order chi connectivity index (χ1) is 16.3. The third-order valence-electron chi connectivity index (χ3n) is 5.92. The third kappa shape index (κ3) is 7.48. The lowest BCUT2D eigenvalue weighted by Crippen LogP contribution is -2.53. The molecule has 34 heavy (non-hydrogen) atoms. The molecule has 1 fully saturated rings. The van der Waals surface area contributed by atoms with E-state index in [2.05, 4.69) is 5.32 Å². The van der Waals surface area contributed by atoms with Crippen molar-refractivity contribution in [3.05, 3.63) is 29.3 Å². The molecule has 10 nitrogen and oxygen atoms in total. The number of hydrogen-bond donors (Lipinski definition) is 2. The van der Waals surface area contributed by atoms with Gasteiger partial charge in [0.1, 0.15) is 17.1 Å². The molecular formula is C23H30BNO9. The Balaban J connectivity index is 1.48. The average molecular weight is 475 g/mol. The van der Waals surface area contributed by atoms with Gasteiger partial charge in [0.25, 0.3) is 0 Å². The summed E-state index contributed by atoms with van der Waals surface area (Å²) in [6, 6.07) is 4.78. The summed E-state index contributed by atoms with van der Waals surface area (Å²) in [6.45, 7) is 1.06. The smallest absolute Gasteiger partial charge is 0.534 e. The maximum atomic E-state index is 12.5. The van der Waals surface area contributed by atoms with Crippen molar-refractivity contribution in [3.63, 3.8) is 0 Å². The SMILES string of the molecule is CC(=O)CCC(=O)N[C@H]1Cc2cccc(C(=O)OCOC(=O)OCC3CCCCC3)c2OB1O. The fourth-order valence-corrected chi connectivity index (χ4v) is 4.07. The zero-order valence-corrected chi connectivity index (χ0v) is 19.2. The molecule has 2 N–H and O–H groups in total. The molecule has 1 amide bonds. The van der Waals surface area contributed by atoms with Crippen molar-refractivity contribution in [3.8, 4) is 5.75 Å². The lowest BCUT2D eigenvalue weighted by Gasteiger charge is -2.29. The standard InChI is InChI=1S/C23H30BNO9/c1-15(26)10-11-20(27)25-19-12-17-8-5-9-18(21(17)34-24(19)30)22(28)32-14-33-23(29)31-13-16-6-3-2-4-7-16/h5,8-9,16,19,30H,2-4,6-7,10-14H2,1H3,(H,25,27)/t19-/m0/s1. The van der Waals surface area contributed by atoms with E-state index in [1.165, 1.54) is 19.4 Å². The summed E-state index contributed by atoms with van der Waals surface area (Å²) in [5.74, 6) is -1.55. The molecule has 0 saturated heterocycles. The first-order valence-electron chi connectivity index (χ1n) is 11.6. The van der Waals surface area contributed by atoms with Gasteiger partial charge in [-0.05, 0) is 43.7 Å². The molecule has 1 heterocycles. The van der Waals surface area contributed by atoms with E-state index in [9.17, 15) is 24.2 Å². The number of nitrogens with one attached hydrogen (secondary N) is 1. The minimum atomic E-state index is -1.39. The van der Waals surface area contributed by atoms with Gasteiger partial charge in [-0.25, -0.2) is 9.59 Å². The van der Waals surface area contributed by atoms with Crippen molar-refractivity contribution in [1.29, 1.82) is 0 Å². The Bertz CT molecular complexity index is 900. The Labute approximate surface area is 198 Å². The lowest BCUT2D eigenvalue weighted by molar-refractivity contribution is -0.124. The predicted octanol–water partition coefficient (Wildman–Crippen LogP) is 2.34. The Morgan fingerprint density at radius 3 is 2.59 bits per heavy atom. The van der Waals surface area contributed by atoms with Crippen LogP contribution in [0.4, 0.5) is 4.79 Å². The van der Waals surface area contributed by atoms with Crippen LogP contribution in [0.5, 0.6) is 5.75 Å². The van der Waals surface area contributed by atoms with E-state index in [0.29, 0.717) is 11.5 Å². The molecular weight excluding hydrogens is 445 g/mol. The van der Waals surface area contributed by atoms with Crippen molar-refractivity contribution < 1.29 is 43.1 Å². The van der Waals surface area contributed by atoms with Crippen LogP contribution in [0.2, 0.25) is 0 Å². The second kappa shape index (κ2) is 12.4. The van der Waals surface area contributed by atoms with E-state index in [0.717, 1.165) is 25.7 Å². The van der Waals surface area contributed by atoms with Gasteiger partial charge in [0.2, 0.25) is 12.7 Å². The van der Waals surface area contributed by atoms with Crippen LogP contribution in [-0.2, 0) is 30.2 Å². The van der Waals surface area contributed by atoms with Gasteiger partial charge in [0, 0.05) is 12.8 Å².